The number of carboxylic acid groups (broad SMARTS) is 2. The van der Waals surface area contributed by atoms with E-state index in [1.807, 2.05) is 0 Å². The minimum absolute atomic E-state index is 0.0302. The first kappa shape index (κ1) is 12.6. The van der Waals surface area contributed by atoms with Gasteiger partial charge in [-0.25, -0.2) is 4.79 Å². The number of nitrogens with one attached hydrogen (secondary N) is 1. The monoisotopic (exact) mass is 201 g/mol. The normalized spacial score (nSPS) is 14.4. The highest BCUT2D eigenvalue weighted by Gasteiger charge is 2.16. The zero-order chi connectivity index (χ0) is 11.3. The van der Waals surface area contributed by atoms with Crippen LogP contribution in [-0.2, 0) is 9.59 Å². The van der Waals surface area contributed by atoms with Crippen molar-refractivity contribution in [3.8, 4) is 0 Å². The summed E-state index contributed by atoms with van der Waals surface area (Å²) in [6.45, 7) is 6.77. The third kappa shape index (κ3) is 4.04. The molecule has 0 aliphatic carbocycles. The summed E-state index contributed by atoms with van der Waals surface area (Å²) in [6, 6.07) is -0.422. The second kappa shape index (κ2) is 5.39. The van der Waals surface area contributed by atoms with Crippen molar-refractivity contribution in [3.05, 3.63) is 12.2 Å². The van der Waals surface area contributed by atoms with Crippen LogP contribution in [0.4, 0.5) is 0 Å². The molecule has 0 radical (unpaired) electrons. The predicted octanol–water partition coefficient (Wildman–Crippen LogP) is 0.326. The molecule has 2 unspecified atom stereocenters. The van der Waals surface area contributed by atoms with E-state index < -0.39 is 23.9 Å². The highest BCUT2D eigenvalue weighted by molar-refractivity contribution is 5.87. The van der Waals surface area contributed by atoms with Crippen molar-refractivity contribution in [2.75, 3.05) is 6.54 Å². The Morgan fingerprint density at radius 3 is 2.21 bits per heavy atom. The van der Waals surface area contributed by atoms with E-state index in [9.17, 15) is 9.59 Å². The van der Waals surface area contributed by atoms with Crippen LogP contribution >= 0.6 is 0 Å². The smallest absolute Gasteiger partial charge is 0.332 e. The summed E-state index contributed by atoms with van der Waals surface area (Å²) < 4.78 is 0. The summed E-state index contributed by atoms with van der Waals surface area (Å²) in [5.41, 5.74) is 0.0302. The Morgan fingerprint density at radius 2 is 1.86 bits per heavy atom. The van der Waals surface area contributed by atoms with Crippen molar-refractivity contribution in [2.45, 2.75) is 19.9 Å². The molecule has 2 atom stereocenters. The molecule has 0 heterocycles. The van der Waals surface area contributed by atoms with E-state index in [-0.39, 0.29) is 12.1 Å². The zero-order valence-corrected chi connectivity index (χ0v) is 8.28. The van der Waals surface area contributed by atoms with Crippen LogP contribution in [0.15, 0.2) is 12.2 Å². The van der Waals surface area contributed by atoms with Gasteiger partial charge in [0.25, 0.3) is 0 Å². The molecule has 0 saturated carbocycles. The Morgan fingerprint density at radius 1 is 1.36 bits per heavy atom. The van der Waals surface area contributed by atoms with Crippen LogP contribution in [-0.4, -0.2) is 34.7 Å². The average Bonchev–Trinajstić information content (AvgIpc) is 2.11. The molecule has 0 bridgehead atoms. The molecular weight excluding hydrogens is 186 g/mol. The van der Waals surface area contributed by atoms with Crippen LogP contribution in [0.2, 0.25) is 0 Å². The molecule has 0 aromatic heterocycles. The summed E-state index contributed by atoms with van der Waals surface area (Å²) in [5.74, 6) is -2.53. The lowest BCUT2D eigenvalue weighted by atomic mass is 10.1. The Kier molecular flexibility index (Phi) is 4.86. The van der Waals surface area contributed by atoms with Crippen molar-refractivity contribution in [1.82, 2.24) is 5.32 Å². The molecule has 0 spiro atoms. The molecule has 5 heteroatoms. The van der Waals surface area contributed by atoms with Gasteiger partial charge in [0, 0.05) is 18.2 Å². The lowest BCUT2D eigenvalue weighted by Gasteiger charge is -2.15. The van der Waals surface area contributed by atoms with Crippen LogP contribution < -0.4 is 5.32 Å². The molecule has 0 aromatic carbocycles. The van der Waals surface area contributed by atoms with Gasteiger partial charge in [0.1, 0.15) is 0 Å². The minimum Gasteiger partial charge on any atom is -0.481 e. The number of rotatable bonds is 6. The number of carboxylic acids is 2. The summed E-state index contributed by atoms with van der Waals surface area (Å²) in [4.78, 5) is 20.9. The molecule has 14 heavy (non-hydrogen) atoms. The van der Waals surface area contributed by atoms with Gasteiger partial charge in [-0.15, -0.1) is 0 Å². The van der Waals surface area contributed by atoms with Gasteiger partial charge in [-0.1, -0.05) is 13.5 Å². The molecule has 0 rings (SSSR count). The van der Waals surface area contributed by atoms with Crippen LogP contribution in [0, 0.1) is 5.92 Å². The summed E-state index contributed by atoms with van der Waals surface area (Å²) in [6.07, 6.45) is 0. The molecule has 0 aliphatic heterocycles. The van der Waals surface area contributed by atoms with Gasteiger partial charge in [0.15, 0.2) is 0 Å². The maximum Gasteiger partial charge on any atom is 0.332 e. The van der Waals surface area contributed by atoms with E-state index in [0.717, 1.165) is 0 Å². The molecule has 3 N–H and O–H groups in total. The average molecular weight is 201 g/mol. The number of carbonyl (C=O) groups is 2. The highest BCUT2D eigenvalue weighted by atomic mass is 16.4. The molecule has 0 fully saturated rings. The minimum atomic E-state index is -1.08. The van der Waals surface area contributed by atoms with E-state index in [1.54, 1.807) is 13.8 Å². The fourth-order valence-electron chi connectivity index (χ4n) is 0.749. The van der Waals surface area contributed by atoms with Crippen molar-refractivity contribution in [2.24, 2.45) is 5.92 Å². The first-order valence-electron chi connectivity index (χ1n) is 4.24. The predicted molar refractivity (Wildman–Crippen MR) is 51.0 cm³/mol. The second-order valence-corrected chi connectivity index (χ2v) is 3.20. The topological polar surface area (TPSA) is 86.6 Å². The van der Waals surface area contributed by atoms with Gasteiger partial charge in [0.2, 0.25) is 0 Å². The summed E-state index contributed by atoms with van der Waals surface area (Å²) in [7, 11) is 0. The molecule has 0 amide bonds. The SMILES string of the molecule is C=C(C(=O)O)C(C)NCC(C)C(=O)O. The Hall–Kier alpha value is -1.36. The first-order valence-corrected chi connectivity index (χ1v) is 4.24. The second-order valence-electron chi connectivity index (χ2n) is 3.20. The van der Waals surface area contributed by atoms with Crippen LogP contribution in [0.25, 0.3) is 0 Å². The van der Waals surface area contributed by atoms with Gasteiger partial charge in [0.05, 0.1) is 5.92 Å². The van der Waals surface area contributed by atoms with Crippen molar-refractivity contribution < 1.29 is 19.8 Å². The number of hydrogen-bond acceptors (Lipinski definition) is 3. The number of aliphatic carboxylic acids is 2. The van der Waals surface area contributed by atoms with Gasteiger partial charge in [-0.3, -0.25) is 4.79 Å². The van der Waals surface area contributed by atoms with Gasteiger partial charge in [-0.2, -0.15) is 0 Å². The Balaban J connectivity index is 3.96. The molecular formula is C9H15NO4. The number of hydrogen-bond donors (Lipinski definition) is 3. The van der Waals surface area contributed by atoms with Crippen molar-refractivity contribution >= 4 is 11.9 Å². The lowest BCUT2D eigenvalue weighted by molar-refractivity contribution is -0.140. The van der Waals surface area contributed by atoms with E-state index in [2.05, 4.69) is 11.9 Å². The van der Waals surface area contributed by atoms with Crippen LogP contribution in [0.5, 0.6) is 0 Å². The quantitative estimate of drug-likeness (QED) is 0.539. The summed E-state index contributed by atoms with van der Waals surface area (Å²) in [5, 5.41) is 19.9. The largest absolute Gasteiger partial charge is 0.481 e. The molecule has 0 aromatic rings. The van der Waals surface area contributed by atoms with E-state index in [0.29, 0.717) is 0 Å². The van der Waals surface area contributed by atoms with E-state index in [1.165, 1.54) is 0 Å². The maximum absolute atomic E-state index is 10.5. The van der Waals surface area contributed by atoms with Gasteiger partial charge >= 0.3 is 11.9 Å². The molecule has 80 valence electrons. The molecule has 5 nitrogen and oxygen atoms in total. The van der Waals surface area contributed by atoms with Gasteiger partial charge in [-0.05, 0) is 6.92 Å². The van der Waals surface area contributed by atoms with E-state index >= 15 is 0 Å². The third-order valence-corrected chi connectivity index (χ3v) is 1.95. The Labute approximate surface area is 82.4 Å². The van der Waals surface area contributed by atoms with Crippen molar-refractivity contribution in [3.63, 3.8) is 0 Å². The maximum atomic E-state index is 10.5. The lowest BCUT2D eigenvalue weighted by Crippen LogP contribution is -2.35. The first-order chi connectivity index (χ1) is 6.36. The van der Waals surface area contributed by atoms with Crippen molar-refractivity contribution in [1.29, 1.82) is 0 Å². The third-order valence-electron chi connectivity index (χ3n) is 1.95. The van der Waals surface area contributed by atoms with Gasteiger partial charge < -0.3 is 15.5 Å². The Bertz CT molecular complexity index is 249. The fourth-order valence-corrected chi connectivity index (χ4v) is 0.749. The summed E-state index contributed by atoms with van der Waals surface area (Å²) >= 11 is 0. The van der Waals surface area contributed by atoms with E-state index in [4.69, 9.17) is 10.2 Å². The van der Waals surface area contributed by atoms with Crippen LogP contribution in [0.1, 0.15) is 13.8 Å². The van der Waals surface area contributed by atoms with Crippen LogP contribution in [0.3, 0.4) is 0 Å². The zero-order valence-electron chi connectivity index (χ0n) is 8.28. The fraction of sp³-hybridized carbons (Fsp3) is 0.556. The standard InChI is InChI=1S/C9H15NO4/c1-5(8(11)12)4-10-7(3)6(2)9(13)14/h5,7,10H,2,4H2,1,3H3,(H,11,12)(H,13,14). The molecule has 0 saturated heterocycles. The molecule has 0 aliphatic rings. The highest BCUT2D eigenvalue weighted by Crippen LogP contribution is 2.00.